The number of hydrogen-bond acceptors (Lipinski definition) is 6. The Morgan fingerprint density at radius 3 is 2.68 bits per heavy atom. The summed E-state index contributed by atoms with van der Waals surface area (Å²) in [5, 5.41) is 8.55. The second-order valence-corrected chi connectivity index (χ2v) is 8.79. The van der Waals surface area contributed by atoms with Crippen molar-refractivity contribution < 1.29 is 9.32 Å². The lowest BCUT2D eigenvalue weighted by molar-refractivity contribution is 0.0766. The molecule has 8 nitrogen and oxygen atoms in total. The van der Waals surface area contributed by atoms with Crippen molar-refractivity contribution in [2.75, 3.05) is 26.2 Å². The van der Waals surface area contributed by atoms with Crippen molar-refractivity contribution in [2.24, 2.45) is 5.92 Å². The highest BCUT2D eigenvalue weighted by Gasteiger charge is 2.57. The number of fused-ring (bicyclic) bond motifs is 1. The smallest absolute Gasteiger partial charge is 0.253 e. The van der Waals surface area contributed by atoms with E-state index in [-0.39, 0.29) is 17.2 Å². The first kappa shape index (κ1) is 19.9. The molecule has 0 spiro atoms. The molecule has 0 unspecified atom stereocenters. The molecule has 0 saturated carbocycles. The minimum atomic E-state index is -0.333. The lowest BCUT2D eigenvalue weighted by Crippen LogP contribution is -2.40. The number of aryl methyl sites for hydroxylation is 2. The van der Waals surface area contributed by atoms with Gasteiger partial charge in [-0.05, 0) is 32.9 Å². The Bertz CT molecular complexity index is 1090. The molecule has 3 aromatic rings. The molecule has 2 atom stereocenters. The average Bonchev–Trinajstić information content (AvgIpc) is 3.52. The van der Waals surface area contributed by atoms with Crippen molar-refractivity contribution in [1.29, 1.82) is 0 Å². The van der Waals surface area contributed by atoms with Crippen molar-refractivity contribution in [3.63, 3.8) is 0 Å². The number of likely N-dealkylation sites (tertiary alicyclic amines) is 2. The van der Waals surface area contributed by atoms with E-state index in [4.69, 9.17) is 4.52 Å². The zero-order valence-corrected chi connectivity index (χ0v) is 18.3. The molecule has 0 bridgehead atoms. The Kier molecular flexibility index (Phi) is 4.89. The van der Waals surface area contributed by atoms with E-state index in [9.17, 15) is 4.79 Å². The molecule has 2 aliphatic rings. The quantitative estimate of drug-likeness (QED) is 0.631. The number of rotatable bonds is 5. The number of aromatic nitrogens is 4. The number of carbonyl (C=O) groups excluding carboxylic acids is 1. The first-order valence-electron chi connectivity index (χ1n) is 10.9. The molecular weight excluding hydrogens is 392 g/mol. The molecule has 0 radical (unpaired) electrons. The van der Waals surface area contributed by atoms with Crippen LogP contribution in [0.3, 0.4) is 0 Å². The van der Waals surface area contributed by atoms with Gasteiger partial charge in [-0.15, -0.1) is 0 Å². The van der Waals surface area contributed by atoms with Crippen LogP contribution in [-0.2, 0) is 18.5 Å². The highest BCUT2D eigenvalue weighted by molar-refractivity contribution is 5.94. The molecule has 5 rings (SSSR count). The third-order valence-corrected chi connectivity index (χ3v) is 6.84. The summed E-state index contributed by atoms with van der Waals surface area (Å²) in [6.07, 6.45) is 1.97. The van der Waals surface area contributed by atoms with Crippen LogP contribution in [0.25, 0.3) is 0 Å². The third-order valence-electron chi connectivity index (χ3n) is 6.84. The lowest BCUT2D eigenvalue weighted by Gasteiger charge is -2.26. The van der Waals surface area contributed by atoms with Crippen LogP contribution in [0.4, 0.5) is 0 Å². The molecule has 0 N–H and O–H groups in total. The lowest BCUT2D eigenvalue weighted by atomic mass is 9.81. The monoisotopic (exact) mass is 420 g/mol. The summed E-state index contributed by atoms with van der Waals surface area (Å²) in [5.74, 6) is 1.61. The molecule has 4 heterocycles. The minimum absolute atomic E-state index is 0.0669. The summed E-state index contributed by atoms with van der Waals surface area (Å²) < 4.78 is 7.72. The van der Waals surface area contributed by atoms with Crippen molar-refractivity contribution in [3.05, 3.63) is 65.1 Å². The van der Waals surface area contributed by atoms with Gasteiger partial charge in [0.15, 0.2) is 5.82 Å². The van der Waals surface area contributed by atoms with Gasteiger partial charge in [-0.1, -0.05) is 23.4 Å². The molecule has 31 heavy (non-hydrogen) atoms. The molecule has 2 saturated heterocycles. The van der Waals surface area contributed by atoms with Gasteiger partial charge in [0.2, 0.25) is 5.89 Å². The first-order valence-corrected chi connectivity index (χ1v) is 10.9. The molecule has 2 fully saturated rings. The largest absolute Gasteiger partial charge is 0.339 e. The maximum Gasteiger partial charge on any atom is 0.253 e. The number of benzene rings is 1. The molecule has 1 aromatic carbocycles. The number of nitrogens with zero attached hydrogens (tertiary/aromatic N) is 6. The molecule has 2 aliphatic heterocycles. The second-order valence-electron chi connectivity index (χ2n) is 8.79. The van der Waals surface area contributed by atoms with Crippen LogP contribution in [0.15, 0.2) is 41.1 Å². The minimum Gasteiger partial charge on any atom is -0.339 e. The molecule has 162 valence electrons. The Morgan fingerprint density at radius 1 is 1.19 bits per heavy atom. The van der Waals surface area contributed by atoms with E-state index in [0.717, 1.165) is 31.7 Å². The van der Waals surface area contributed by atoms with Gasteiger partial charge in [-0.25, -0.2) is 0 Å². The van der Waals surface area contributed by atoms with Crippen molar-refractivity contribution in [1.82, 2.24) is 29.7 Å². The summed E-state index contributed by atoms with van der Waals surface area (Å²) in [5.41, 5.74) is 2.85. The van der Waals surface area contributed by atoms with Gasteiger partial charge >= 0.3 is 0 Å². The summed E-state index contributed by atoms with van der Waals surface area (Å²) in [6.45, 7) is 10.7. The van der Waals surface area contributed by atoms with Gasteiger partial charge < -0.3 is 9.42 Å². The SMILES string of the molecule is CCn1ncc(CN2C[C@H]3CN(C(=O)c4ccccc4)C[C@@]3(c3nc(C)no3)C2)c1C. The summed E-state index contributed by atoms with van der Waals surface area (Å²) in [6, 6.07) is 9.49. The average molecular weight is 421 g/mol. The number of amides is 1. The number of carbonyl (C=O) groups is 1. The van der Waals surface area contributed by atoms with Gasteiger partial charge in [0.1, 0.15) is 0 Å². The van der Waals surface area contributed by atoms with E-state index in [0.29, 0.717) is 24.8 Å². The highest BCUT2D eigenvalue weighted by atomic mass is 16.5. The first-order chi connectivity index (χ1) is 15.0. The standard InChI is InChI=1S/C23H28N6O2/c1-4-29-16(2)19(10-24-29)11-27-12-20-13-28(21(30)18-8-6-5-7-9-18)15-23(20,14-27)22-25-17(3)26-31-22/h5-10,20H,4,11-15H2,1-3H3/t20-,23-/m0/s1. The van der Waals surface area contributed by atoms with Gasteiger partial charge in [0, 0.05) is 62.0 Å². The van der Waals surface area contributed by atoms with Crippen molar-refractivity contribution in [2.45, 2.75) is 39.3 Å². The Hall–Kier alpha value is -3.00. The van der Waals surface area contributed by atoms with E-state index in [2.05, 4.69) is 34.0 Å². The van der Waals surface area contributed by atoms with Gasteiger partial charge in [0.25, 0.3) is 5.91 Å². The molecule has 2 aromatic heterocycles. The van der Waals surface area contributed by atoms with Crippen LogP contribution in [0.5, 0.6) is 0 Å². The van der Waals surface area contributed by atoms with E-state index in [1.54, 1.807) is 0 Å². The van der Waals surface area contributed by atoms with Crippen LogP contribution in [0, 0.1) is 19.8 Å². The van der Waals surface area contributed by atoms with Crippen LogP contribution >= 0.6 is 0 Å². The second kappa shape index (κ2) is 7.60. The fourth-order valence-electron chi connectivity index (χ4n) is 5.21. The van der Waals surface area contributed by atoms with E-state index in [1.807, 2.05) is 53.0 Å². The van der Waals surface area contributed by atoms with Gasteiger partial charge in [0.05, 0.1) is 11.6 Å². The fourth-order valence-corrected chi connectivity index (χ4v) is 5.21. The fraction of sp³-hybridized carbons (Fsp3) is 0.478. The Morgan fingerprint density at radius 2 is 2.00 bits per heavy atom. The van der Waals surface area contributed by atoms with Gasteiger partial charge in [-0.3, -0.25) is 14.4 Å². The maximum atomic E-state index is 13.1. The maximum absolute atomic E-state index is 13.1. The summed E-state index contributed by atoms with van der Waals surface area (Å²) in [7, 11) is 0. The van der Waals surface area contributed by atoms with Gasteiger partial charge in [-0.2, -0.15) is 10.1 Å². The van der Waals surface area contributed by atoms with Crippen LogP contribution in [0.2, 0.25) is 0 Å². The molecule has 0 aliphatic carbocycles. The zero-order chi connectivity index (χ0) is 21.6. The van der Waals surface area contributed by atoms with Crippen LogP contribution < -0.4 is 0 Å². The number of hydrogen-bond donors (Lipinski definition) is 0. The molecule has 1 amide bonds. The summed E-state index contributed by atoms with van der Waals surface area (Å²) >= 11 is 0. The Balaban J connectivity index is 1.41. The normalized spacial score (nSPS) is 23.5. The molecular formula is C23H28N6O2. The van der Waals surface area contributed by atoms with Crippen molar-refractivity contribution in [3.8, 4) is 0 Å². The van der Waals surface area contributed by atoms with E-state index >= 15 is 0 Å². The predicted octanol–water partition coefficient (Wildman–Crippen LogP) is 2.43. The third kappa shape index (κ3) is 3.35. The topological polar surface area (TPSA) is 80.3 Å². The predicted molar refractivity (Wildman–Crippen MR) is 114 cm³/mol. The molecule has 8 heteroatoms. The highest BCUT2D eigenvalue weighted by Crippen LogP contribution is 2.45. The van der Waals surface area contributed by atoms with E-state index < -0.39 is 0 Å². The zero-order valence-electron chi connectivity index (χ0n) is 18.3. The van der Waals surface area contributed by atoms with Crippen LogP contribution in [-0.4, -0.2) is 61.8 Å². The van der Waals surface area contributed by atoms with Crippen LogP contribution in [0.1, 0.15) is 40.3 Å². The van der Waals surface area contributed by atoms with E-state index in [1.165, 1.54) is 11.3 Å². The summed E-state index contributed by atoms with van der Waals surface area (Å²) in [4.78, 5) is 22.2. The van der Waals surface area contributed by atoms with Crippen molar-refractivity contribution >= 4 is 5.91 Å². The Labute approximate surface area is 181 Å².